The number of fused-ring (bicyclic) bond motifs is 1. The van der Waals surface area contributed by atoms with Gasteiger partial charge in [0.15, 0.2) is 5.16 Å². The number of nitrogens with one attached hydrogen (secondary N) is 1. The molecule has 3 aromatic rings. The number of hydrogen-bond donors (Lipinski definition) is 2. The first-order chi connectivity index (χ1) is 15.4. The summed E-state index contributed by atoms with van der Waals surface area (Å²) in [5.41, 5.74) is 6.58. The number of hydrogen-bond acceptors (Lipinski definition) is 8. The fourth-order valence-electron chi connectivity index (χ4n) is 3.81. The Balaban J connectivity index is 1.61. The van der Waals surface area contributed by atoms with Gasteiger partial charge in [-0.05, 0) is 43.2 Å². The first kappa shape index (κ1) is 23.0. The van der Waals surface area contributed by atoms with Crippen LogP contribution in [0.15, 0.2) is 21.4 Å². The summed E-state index contributed by atoms with van der Waals surface area (Å²) in [4.78, 5) is 44.0. The second kappa shape index (κ2) is 9.74. The smallest absolute Gasteiger partial charge is 0.263 e. The van der Waals surface area contributed by atoms with E-state index in [0.29, 0.717) is 33.5 Å². The molecule has 1 aliphatic heterocycles. The molecule has 11 heteroatoms. The molecule has 0 aliphatic carbocycles. The van der Waals surface area contributed by atoms with Gasteiger partial charge in [-0.2, -0.15) is 0 Å². The quantitative estimate of drug-likeness (QED) is 0.368. The Bertz CT molecular complexity index is 1220. The second-order valence-electron chi connectivity index (χ2n) is 7.48. The van der Waals surface area contributed by atoms with E-state index >= 15 is 0 Å². The number of aromatic nitrogens is 2. The second-order valence-corrected chi connectivity index (χ2v) is 10.5. The number of amides is 2. The number of aryl methyl sites for hydroxylation is 2. The van der Waals surface area contributed by atoms with E-state index in [2.05, 4.69) is 5.32 Å². The van der Waals surface area contributed by atoms with E-state index in [0.717, 1.165) is 29.7 Å². The normalized spacial score (nSPS) is 16.0. The van der Waals surface area contributed by atoms with Crippen LogP contribution in [0.4, 0.5) is 5.00 Å². The molecule has 0 saturated carbocycles. The molecule has 0 radical (unpaired) electrons. The molecule has 0 aromatic carbocycles. The first-order valence-electron chi connectivity index (χ1n) is 10.3. The predicted octanol–water partition coefficient (Wildman–Crippen LogP) is 3.40. The van der Waals surface area contributed by atoms with Crippen molar-refractivity contribution in [2.24, 2.45) is 5.73 Å². The van der Waals surface area contributed by atoms with Crippen LogP contribution >= 0.6 is 34.4 Å². The third-order valence-corrected chi connectivity index (χ3v) is 8.20. The van der Waals surface area contributed by atoms with Crippen molar-refractivity contribution < 1.29 is 14.3 Å². The molecular formula is C21H24N4O4S3. The number of carbonyl (C=O) groups excluding carboxylic acids is 2. The summed E-state index contributed by atoms with van der Waals surface area (Å²) in [5.74, 6) is -0.842. The maximum Gasteiger partial charge on any atom is 0.263 e. The fraction of sp³-hybridized carbons (Fsp3) is 0.429. The summed E-state index contributed by atoms with van der Waals surface area (Å²) in [5, 5.41) is 6.02. The van der Waals surface area contributed by atoms with Crippen LogP contribution in [0.3, 0.4) is 0 Å². The van der Waals surface area contributed by atoms with Gasteiger partial charge in [-0.1, -0.05) is 18.7 Å². The lowest BCUT2D eigenvalue weighted by atomic mass is 10.1. The third-order valence-electron chi connectivity index (χ3n) is 5.36. The maximum absolute atomic E-state index is 13.5. The van der Waals surface area contributed by atoms with Crippen molar-refractivity contribution in [1.82, 2.24) is 9.55 Å². The highest BCUT2D eigenvalue weighted by molar-refractivity contribution is 7.99. The Morgan fingerprint density at radius 2 is 2.25 bits per heavy atom. The van der Waals surface area contributed by atoms with Crippen molar-refractivity contribution in [3.8, 4) is 0 Å². The van der Waals surface area contributed by atoms with Crippen molar-refractivity contribution >= 4 is 61.5 Å². The van der Waals surface area contributed by atoms with Gasteiger partial charge in [0, 0.05) is 11.5 Å². The monoisotopic (exact) mass is 492 g/mol. The highest BCUT2D eigenvalue weighted by Gasteiger charge is 2.23. The topological polar surface area (TPSA) is 116 Å². The number of nitrogens with two attached hydrogens (primary N) is 1. The van der Waals surface area contributed by atoms with E-state index in [-0.39, 0.29) is 28.9 Å². The molecule has 1 aliphatic rings. The molecule has 3 aromatic heterocycles. The summed E-state index contributed by atoms with van der Waals surface area (Å²) in [6.07, 6.45) is 2.60. The SMILES string of the molecule is CCc1c(C)sc2nc(SCC(=O)Nc3sccc3C(N)=O)n(CC3CCCO3)c(=O)c12. The average Bonchev–Trinajstić information content (AvgIpc) is 3.48. The van der Waals surface area contributed by atoms with E-state index in [1.165, 1.54) is 34.4 Å². The average molecular weight is 493 g/mol. The summed E-state index contributed by atoms with van der Waals surface area (Å²) in [6, 6.07) is 1.58. The van der Waals surface area contributed by atoms with E-state index in [1.54, 1.807) is 16.0 Å². The van der Waals surface area contributed by atoms with Crippen molar-refractivity contribution in [1.29, 1.82) is 0 Å². The number of primary amides is 1. The molecule has 1 saturated heterocycles. The van der Waals surface area contributed by atoms with Gasteiger partial charge in [0.2, 0.25) is 5.91 Å². The van der Waals surface area contributed by atoms with Gasteiger partial charge >= 0.3 is 0 Å². The molecule has 1 atom stereocenters. The predicted molar refractivity (Wildman–Crippen MR) is 129 cm³/mol. The van der Waals surface area contributed by atoms with Crippen molar-refractivity contribution in [3.63, 3.8) is 0 Å². The van der Waals surface area contributed by atoms with Gasteiger partial charge in [-0.3, -0.25) is 19.0 Å². The van der Waals surface area contributed by atoms with E-state index in [4.69, 9.17) is 15.5 Å². The molecular weight excluding hydrogens is 468 g/mol. The van der Waals surface area contributed by atoms with Gasteiger partial charge in [0.1, 0.15) is 9.83 Å². The number of ether oxygens (including phenoxy) is 1. The van der Waals surface area contributed by atoms with Crippen molar-refractivity contribution in [2.75, 3.05) is 17.7 Å². The van der Waals surface area contributed by atoms with Crippen molar-refractivity contribution in [2.45, 2.75) is 50.9 Å². The van der Waals surface area contributed by atoms with Gasteiger partial charge < -0.3 is 15.8 Å². The van der Waals surface area contributed by atoms with Crippen LogP contribution in [0.2, 0.25) is 0 Å². The lowest BCUT2D eigenvalue weighted by Gasteiger charge is -2.16. The third kappa shape index (κ3) is 4.61. The fourth-order valence-corrected chi connectivity index (χ4v) is 6.59. The minimum Gasteiger partial charge on any atom is -0.376 e. The molecule has 170 valence electrons. The highest BCUT2D eigenvalue weighted by atomic mass is 32.2. The minimum absolute atomic E-state index is 0.0332. The number of anilines is 1. The highest BCUT2D eigenvalue weighted by Crippen LogP contribution is 2.30. The zero-order chi connectivity index (χ0) is 22.8. The number of thioether (sulfide) groups is 1. The van der Waals surface area contributed by atoms with Crippen LogP contribution in [0.25, 0.3) is 10.2 Å². The minimum atomic E-state index is -0.591. The lowest BCUT2D eigenvalue weighted by molar-refractivity contribution is -0.113. The molecule has 8 nitrogen and oxygen atoms in total. The molecule has 4 heterocycles. The van der Waals surface area contributed by atoms with Gasteiger partial charge in [0.25, 0.3) is 11.5 Å². The van der Waals surface area contributed by atoms with E-state index < -0.39 is 5.91 Å². The summed E-state index contributed by atoms with van der Waals surface area (Å²) < 4.78 is 7.41. The van der Waals surface area contributed by atoms with Crippen LogP contribution in [-0.2, 0) is 22.5 Å². The molecule has 0 spiro atoms. The summed E-state index contributed by atoms with van der Waals surface area (Å²) in [7, 11) is 0. The Labute approximate surface area is 197 Å². The molecule has 0 bridgehead atoms. The van der Waals surface area contributed by atoms with E-state index in [1.807, 2.05) is 13.8 Å². The molecule has 3 N–H and O–H groups in total. The van der Waals surface area contributed by atoms with Crippen molar-refractivity contribution in [3.05, 3.63) is 37.8 Å². The molecule has 32 heavy (non-hydrogen) atoms. The number of rotatable bonds is 8. The molecule has 4 rings (SSSR count). The Morgan fingerprint density at radius 3 is 2.94 bits per heavy atom. The Morgan fingerprint density at radius 1 is 1.44 bits per heavy atom. The van der Waals surface area contributed by atoms with Crippen LogP contribution in [0.1, 0.15) is 40.6 Å². The number of nitrogens with zero attached hydrogens (tertiary/aromatic N) is 2. The van der Waals surface area contributed by atoms with Gasteiger partial charge in [-0.15, -0.1) is 22.7 Å². The van der Waals surface area contributed by atoms with Crippen LogP contribution in [0, 0.1) is 6.92 Å². The number of carbonyl (C=O) groups is 2. The lowest BCUT2D eigenvalue weighted by Crippen LogP contribution is -2.29. The van der Waals surface area contributed by atoms with Gasteiger partial charge in [0.05, 0.1) is 29.4 Å². The van der Waals surface area contributed by atoms with Crippen LogP contribution in [0.5, 0.6) is 0 Å². The Hall–Kier alpha value is -2.21. The Kier molecular flexibility index (Phi) is 6.99. The number of thiophene rings is 2. The standard InChI is InChI=1S/C21H24N4O4S3/c1-3-13-11(2)32-19-16(13)20(28)25(9-12-5-4-7-29-12)21(24-19)31-10-15(26)23-18-14(17(22)27)6-8-30-18/h6,8,12H,3-5,7,9-10H2,1-2H3,(H2,22,27)(H,23,26). The zero-order valence-electron chi connectivity index (χ0n) is 17.8. The van der Waals surface area contributed by atoms with Crippen LogP contribution < -0.4 is 16.6 Å². The first-order valence-corrected chi connectivity index (χ1v) is 13.0. The molecule has 2 amide bonds. The van der Waals surface area contributed by atoms with Gasteiger partial charge in [-0.25, -0.2) is 4.98 Å². The maximum atomic E-state index is 13.5. The van der Waals surface area contributed by atoms with Crippen LogP contribution in [-0.4, -0.2) is 39.8 Å². The summed E-state index contributed by atoms with van der Waals surface area (Å²) in [6.45, 7) is 5.16. The largest absolute Gasteiger partial charge is 0.376 e. The molecule has 1 unspecified atom stereocenters. The van der Waals surface area contributed by atoms with E-state index in [9.17, 15) is 14.4 Å². The zero-order valence-corrected chi connectivity index (χ0v) is 20.3. The summed E-state index contributed by atoms with van der Waals surface area (Å²) >= 11 is 3.95. The molecule has 1 fully saturated rings.